The first-order valence-corrected chi connectivity index (χ1v) is 5.62. The molecule has 0 saturated carbocycles. The van der Waals surface area contributed by atoms with Crippen LogP contribution in [0.5, 0.6) is 11.6 Å². The first-order valence-electron chi connectivity index (χ1n) is 5.62. The highest BCUT2D eigenvalue weighted by molar-refractivity contribution is 5.36. The molecule has 94 valence electrons. The number of hydrogen-bond donors (Lipinski definition) is 2. The number of anilines is 1. The summed E-state index contributed by atoms with van der Waals surface area (Å²) >= 11 is 0. The number of benzene rings is 1. The fourth-order valence-corrected chi connectivity index (χ4v) is 1.47. The predicted molar refractivity (Wildman–Crippen MR) is 68.8 cm³/mol. The molecule has 5 heteroatoms. The lowest BCUT2D eigenvalue weighted by molar-refractivity contribution is 0.281. The third-order valence-electron chi connectivity index (χ3n) is 2.44. The molecular weight excluding hydrogens is 230 g/mol. The Morgan fingerprint density at radius 2 is 2.22 bits per heavy atom. The minimum Gasteiger partial charge on any atom is -0.439 e. The van der Waals surface area contributed by atoms with E-state index in [4.69, 9.17) is 9.84 Å². The Kier molecular flexibility index (Phi) is 3.74. The number of aromatic nitrogens is 2. The zero-order valence-corrected chi connectivity index (χ0v) is 10.3. The highest BCUT2D eigenvalue weighted by Crippen LogP contribution is 2.24. The monoisotopic (exact) mass is 245 g/mol. The topological polar surface area (TPSA) is 67.3 Å². The number of ether oxygens (including phenoxy) is 1. The highest BCUT2D eigenvalue weighted by Gasteiger charge is 2.06. The van der Waals surface area contributed by atoms with Crippen LogP contribution in [-0.2, 0) is 6.61 Å². The third kappa shape index (κ3) is 2.75. The Labute approximate surface area is 105 Å². The van der Waals surface area contributed by atoms with E-state index >= 15 is 0 Å². The maximum atomic E-state index is 9.07. The second-order valence-corrected chi connectivity index (χ2v) is 3.84. The maximum absolute atomic E-state index is 9.07. The molecule has 0 unspecified atom stereocenters. The summed E-state index contributed by atoms with van der Waals surface area (Å²) in [5.74, 6) is 1.66. The van der Waals surface area contributed by atoms with Crippen molar-refractivity contribution in [3.05, 3.63) is 41.6 Å². The zero-order chi connectivity index (χ0) is 13.0. The van der Waals surface area contributed by atoms with E-state index in [1.165, 1.54) is 0 Å². The molecule has 0 bridgehead atoms. The summed E-state index contributed by atoms with van der Waals surface area (Å²) in [5, 5.41) is 11.9. The molecule has 0 saturated heterocycles. The second-order valence-electron chi connectivity index (χ2n) is 3.84. The molecule has 0 aliphatic heterocycles. The van der Waals surface area contributed by atoms with Crippen LogP contribution in [0.2, 0.25) is 0 Å². The minimum atomic E-state index is -0.0122. The summed E-state index contributed by atoms with van der Waals surface area (Å²) in [6.45, 7) is 1.87. The summed E-state index contributed by atoms with van der Waals surface area (Å²) in [6.07, 6.45) is 1.70. The summed E-state index contributed by atoms with van der Waals surface area (Å²) in [7, 11) is 1.75. The van der Waals surface area contributed by atoms with Crippen molar-refractivity contribution in [3.63, 3.8) is 0 Å². The van der Waals surface area contributed by atoms with Crippen LogP contribution in [0, 0.1) is 6.92 Å². The number of aliphatic hydroxyl groups is 1. The minimum absolute atomic E-state index is 0.0122. The quantitative estimate of drug-likeness (QED) is 0.863. The summed E-state index contributed by atoms with van der Waals surface area (Å²) in [4.78, 5) is 8.33. The van der Waals surface area contributed by atoms with Gasteiger partial charge >= 0.3 is 0 Å². The van der Waals surface area contributed by atoms with Crippen LogP contribution in [0.3, 0.4) is 0 Å². The molecule has 2 N–H and O–H groups in total. The first kappa shape index (κ1) is 12.3. The number of rotatable bonds is 4. The van der Waals surface area contributed by atoms with E-state index < -0.39 is 0 Å². The molecule has 0 spiro atoms. The molecule has 1 aromatic heterocycles. The van der Waals surface area contributed by atoms with Crippen LogP contribution in [-0.4, -0.2) is 22.1 Å². The van der Waals surface area contributed by atoms with Crippen molar-refractivity contribution in [1.82, 2.24) is 9.97 Å². The Hall–Kier alpha value is -2.14. The van der Waals surface area contributed by atoms with Crippen LogP contribution in [0.1, 0.15) is 11.1 Å². The Morgan fingerprint density at radius 1 is 1.39 bits per heavy atom. The Morgan fingerprint density at radius 3 is 2.94 bits per heavy atom. The molecule has 0 amide bonds. The van der Waals surface area contributed by atoms with Crippen LogP contribution >= 0.6 is 0 Å². The Bertz CT molecular complexity index is 544. The van der Waals surface area contributed by atoms with Crippen LogP contribution in [0.25, 0.3) is 0 Å². The van der Waals surface area contributed by atoms with E-state index in [0.717, 1.165) is 11.1 Å². The van der Waals surface area contributed by atoms with Crippen molar-refractivity contribution >= 4 is 5.95 Å². The average Bonchev–Trinajstić information content (AvgIpc) is 2.41. The smallest absolute Gasteiger partial charge is 0.226 e. The molecule has 18 heavy (non-hydrogen) atoms. The molecule has 0 aliphatic carbocycles. The van der Waals surface area contributed by atoms with E-state index in [-0.39, 0.29) is 6.61 Å². The van der Waals surface area contributed by atoms with Gasteiger partial charge in [0.05, 0.1) is 6.61 Å². The van der Waals surface area contributed by atoms with Gasteiger partial charge in [-0.1, -0.05) is 12.1 Å². The van der Waals surface area contributed by atoms with Gasteiger partial charge in [0.25, 0.3) is 0 Å². The fourth-order valence-electron chi connectivity index (χ4n) is 1.47. The van der Waals surface area contributed by atoms with Gasteiger partial charge in [-0.2, -0.15) is 4.98 Å². The molecule has 0 fully saturated rings. The molecule has 0 radical (unpaired) electrons. The third-order valence-corrected chi connectivity index (χ3v) is 2.44. The first-order chi connectivity index (χ1) is 8.72. The lowest BCUT2D eigenvalue weighted by atomic mass is 10.2. The highest BCUT2D eigenvalue weighted by atomic mass is 16.5. The van der Waals surface area contributed by atoms with Gasteiger partial charge in [0.1, 0.15) is 5.75 Å². The lowest BCUT2D eigenvalue weighted by Crippen LogP contribution is -1.99. The van der Waals surface area contributed by atoms with Gasteiger partial charge in [-0.15, -0.1) is 0 Å². The molecule has 5 nitrogen and oxygen atoms in total. The predicted octanol–water partition coefficient (Wildman–Crippen LogP) is 2.11. The van der Waals surface area contributed by atoms with E-state index in [9.17, 15) is 0 Å². The second kappa shape index (κ2) is 5.46. The molecule has 1 heterocycles. The van der Waals surface area contributed by atoms with Crippen LogP contribution < -0.4 is 10.1 Å². The fraction of sp³-hybridized carbons (Fsp3) is 0.231. The summed E-state index contributed by atoms with van der Waals surface area (Å²) in [6, 6.07) is 7.26. The van der Waals surface area contributed by atoms with E-state index in [0.29, 0.717) is 17.6 Å². The van der Waals surface area contributed by atoms with Crippen LogP contribution in [0.15, 0.2) is 30.5 Å². The van der Waals surface area contributed by atoms with Crippen molar-refractivity contribution in [1.29, 1.82) is 0 Å². The van der Waals surface area contributed by atoms with Crippen molar-refractivity contribution in [3.8, 4) is 11.6 Å². The average molecular weight is 245 g/mol. The number of nitrogens with one attached hydrogen (secondary N) is 1. The SMILES string of the molecule is CNc1ncc(C)c(Oc2cccc(CO)c2)n1. The zero-order valence-electron chi connectivity index (χ0n) is 10.3. The summed E-state index contributed by atoms with van der Waals surface area (Å²) < 4.78 is 5.69. The standard InChI is InChI=1S/C13H15N3O2/c1-9-7-15-13(14-2)16-12(9)18-11-5-3-4-10(6-11)8-17/h3-7,17H,8H2,1-2H3,(H,14,15,16). The number of nitrogens with zero attached hydrogens (tertiary/aromatic N) is 2. The molecule has 2 rings (SSSR count). The summed E-state index contributed by atoms with van der Waals surface area (Å²) in [5.41, 5.74) is 1.65. The lowest BCUT2D eigenvalue weighted by Gasteiger charge is -2.09. The van der Waals surface area contributed by atoms with Gasteiger partial charge < -0.3 is 15.2 Å². The number of aliphatic hydroxyl groups excluding tert-OH is 1. The van der Waals surface area contributed by atoms with Gasteiger partial charge in [0.15, 0.2) is 0 Å². The molecular formula is C13H15N3O2. The molecule has 1 aromatic carbocycles. The van der Waals surface area contributed by atoms with E-state index in [1.54, 1.807) is 19.3 Å². The maximum Gasteiger partial charge on any atom is 0.226 e. The van der Waals surface area contributed by atoms with Gasteiger partial charge in [-0.25, -0.2) is 4.98 Å². The Balaban J connectivity index is 2.27. The van der Waals surface area contributed by atoms with Gasteiger partial charge in [0, 0.05) is 18.8 Å². The van der Waals surface area contributed by atoms with Crippen molar-refractivity contribution in [2.24, 2.45) is 0 Å². The number of aryl methyl sites for hydroxylation is 1. The van der Waals surface area contributed by atoms with Crippen molar-refractivity contribution in [2.75, 3.05) is 12.4 Å². The van der Waals surface area contributed by atoms with Gasteiger partial charge in [-0.3, -0.25) is 0 Å². The van der Waals surface area contributed by atoms with Crippen molar-refractivity contribution in [2.45, 2.75) is 13.5 Å². The molecule has 2 aromatic rings. The van der Waals surface area contributed by atoms with Gasteiger partial charge in [0.2, 0.25) is 11.8 Å². The van der Waals surface area contributed by atoms with Gasteiger partial charge in [-0.05, 0) is 24.6 Å². The number of hydrogen-bond acceptors (Lipinski definition) is 5. The van der Waals surface area contributed by atoms with E-state index in [2.05, 4.69) is 15.3 Å². The largest absolute Gasteiger partial charge is 0.439 e. The van der Waals surface area contributed by atoms with Crippen LogP contribution in [0.4, 0.5) is 5.95 Å². The molecule has 0 aliphatic rings. The van der Waals surface area contributed by atoms with E-state index in [1.807, 2.05) is 25.1 Å². The van der Waals surface area contributed by atoms with Crippen molar-refractivity contribution < 1.29 is 9.84 Å². The molecule has 0 atom stereocenters. The normalized spacial score (nSPS) is 10.2.